The molecule has 6 heteroatoms. The number of nitrogens with zero attached hydrogens (tertiary/aromatic N) is 2. The van der Waals surface area contributed by atoms with Gasteiger partial charge < -0.3 is 20.3 Å². The van der Waals surface area contributed by atoms with E-state index in [9.17, 15) is 0 Å². The summed E-state index contributed by atoms with van der Waals surface area (Å²) >= 11 is 0. The Morgan fingerprint density at radius 2 is 2.04 bits per heavy atom. The Labute approximate surface area is 182 Å². The van der Waals surface area contributed by atoms with Crippen LogP contribution in [0.15, 0.2) is 35.3 Å². The van der Waals surface area contributed by atoms with E-state index in [0.29, 0.717) is 5.92 Å². The van der Waals surface area contributed by atoms with Crippen molar-refractivity contribution in [3.05, 3.63) is 35.9 Å². The maximum Gasteiger partial charge on any atom is 0.191 e. The minimum atomic E-state index is 0. The quantitative estimate of drug-likeness (QED) is 0.218. The lowest BCUT2D eigenvalue weighted by Gasteiger charge is -2.16. The molecule has 2 N–H and O–H groups in total. The summed E-state index contributed by atoms with van der Waals surface area (Å²) in [6.07, 6.45) is 3.40. The SMILES string of the molecule is CCNC(=NCC1CCN(CCc2ccccc2)C1)NCCCOCC.I. The molecule has 0 aliphatic carbocycles. The fraction of sp³-hybridized carbons (Fsp3) is 0.667. The predicted octanol–water partition coefficient (Wildman–Crippen LogP) is 3.15. The summed E-state index contributed by atoms with van der Waals surface area (Å²) < 4.78 is 5.38. The van der Waals surface area contributed by atoms with Gasteiger partial charge in [0.2, 0.25) is 0 Å². The number of rotatable bonds is 11. The molecule has 1 aromatic carbocycles. The van der Waals surface area contributed by atoms with Crippen molar-refractivity contribution in [3.63, 3.8) is 0 Å². The summed E-state index contributed by atoms with van der Waals surface area (Å²) in [5.41, 5.74) is 1.43. The first-order chi connectivity index (χ1) is 12.8. The van der Waals surface area contributed by atoms with Crippen LogP contribution in [0.2, 0.25) is 0 Å². The smallest absolute Gasteiger partial charge is 0.191 e. The Morgan fingerprint density at radius 3 is 2.78 bits per heavy atom. The van der Waals surface area contributed by atoms with Crippen LogP contribution in [0.3, 0.4) is 0 Å². The van der Waals surface area contributed by atoms with Crippen LogP contribution in [0.25, 0.3) is 0 Å². The molecular weight excluding hydrogens is 451 g/mol. The number of aliphatic imine (C=N–C) groups is 1. The average Bonchev–Trinajstić information content (AvgIpc) is 3.13. The van der Waals surface area contributed by atoms with E-state index in [1.165, 1.54) is 25.1 Å². The molecule has 1 fully saturated rings. The third-order valence-electron chi connectivity index (χ3n) is 4.74. The Balaban J connectivity index is 0.00000364. The Bertz CT molecular complexity index is 512. The minimum absolute atomic E-state index is 0. The molecule has 1 aromatic rings. The Hall–Kier alpha value is -0.860. The van der Waals surface area contributed by atoms with Gasteiger partial charge in [-0.25, -0.2) is 0 Å². The van der Waals surface area contributed by atoms with Crippen LogP contribution in [0, 0.1) is 5.92 Å². The van der Waals surface area contributed by atoms with E-state index in [0.717, 1.165) is 58.2 Å². The van der Waals surface area contributed by atoms with Gasteiger partial charge in [0.05, 0.1) is 0 Å². The lowest BCUT2D eigenvalue weighted by molar-refractivity contribution is 0.145. The van der Waals surface area contributed by atoms with Crippen LogP contribution >= 0.6 is 24.0 Å². The molecule has 0 saturated carbocycles. The van der Waals surface area contributed by atoms with Gasteiger partial charge in [0.15, 0.2) is 5.96 Å². The van der Waals surface area contributed by atoms with E-state index in [1.54, 1.807) is 0 Å². The number of ether oxygens (including phenoxy) is 1. The van der Waals surface area contributed by atoms with Crippen LogP contribution in [0.4, 0.5) is 0 Å². The summed E-state index contributed by atoms with van der Waals surface area (Å²) in [5.74, 6) is 1.61. The van der Waals surface area contributed by atoms with Gasteiger partial charge in [-0.05, 0) is 51.1 Å². The number of nitrogens with one attached hydrogen (secondary N) is 2. The molecule has 5 nitrogen and oxygen atoms in total. The fourth-order valence-corrected chi connectivity index (χ4v) is 3.28. The topological polar surface area (TPSA) is 48.9 Å². The fourth-order valence-electron chi connectivity index (χ4n) is 3.28. The Kier molecular flexibility index (Phi) is 13.5. The van der Waals surface area contributed by atoms with Crippen molar-refractivity contribution in [2.24, 2.45) is 10.9 Å². The van der Waals surface area contributed by atoms with Crippen LogP contribution in [0.5, 0.6) is 0 Å². The van der Waals surface area contributed by atoms with Gasteiger partial charge in [-0.1, -0.05) is 30.3 Å². The van der Waals surface area contributed by atoms with E-state index in [-0.39, 0.29) is 24.0 Å². The van der Waals surface area contributed by atoms with E-state index in [2.05, 4.69) is 52.8 Å². The number of guanidine groups is 1. The molecule has 0 spiro atoms. The number of halogens is 1. The highest BCUT2D eigenvalue weighted by Crippen LogP contribution is 2.17. The van der Waals surface area contributed by atoms with Gasteiger partial charge in [0, 0.05) is 45.9 Å². The zero-order valence-corrected chi connectivity index (χ0v) is 19.3. The predicted molar refractivity (Wildman–Crippen MR) is 125 cm³/mol. The molecule has 1 aliphatic rings. The number of hydrogen-bond donors (Lipinski definition) is 2. The molecule has 1 saturated heterocycles. The van der Waals surface area contributed by atoms with E-state index in [1.807, 2.05) is 6.92 Å². The number of likely N-dealkylation sites (tertiary alicyclic amines) is 1. The van der Waals surface area contributed by atoms with Crippen molar-refractivity contribution < 1.29 is 4.74 Å². The zero-order chi connectivity index (χ0) is 18.5. The maximum atomic E-state index is 5.38. The van der Waals surface area contributed by atoms with E-state index < -0.39 is 0 Å². The van der Waals surface area contributed by atoms with Gasteiger partial charge in [0.25, 0.3) is 0 Å². The van der Waals surface area contributed by atoms with Crippen molar-refractivity contribution in [2.45, 2.75) is 33.1 Å². The highest BCUT2D eigenvalue weighted by molar-refractivity contribution is 14.0. The monoisotopic (exact) mass is 488 g/mol. The first-order valence-corrected chi connectivity index (χ1v) is 10.2. The van der Waals surface area contributed by atoms with Crippen LogP contribution in [-0.2, 0) is 11.2 Å². The maximum absolute atomic E-state index is 5.38. The van der Waals surface area contributed by atoms with Crippen molar-refractivity contribution >= 4 is 29.9 Å². The molecule has 2 rings (SSSR count). The van der Waals surface area contributed by atoms with Crippen molar-refractivity contribution in [1.29, 1.82) is 0 Å². The average molecular weight is 488 g/mol. The van der Waals surface area contributed by atoms with Crippen molar-refractivity contribution in [2.75, 3.05) is 52.5 Å². The molecule has 0 aromatic heterocycles. The van der Waals surface area contributed by atoms with Gasteiger partial charge >= 0.3 is 0 Å². The minimum Gasteiger partial charge on any atom is -0.382 e. The molecule has 154 valence electrons. The first kappa shape index (κ1) is 24.2. The molecule has 0 amide bonds. The van der Waals surface area contributed by atoms with Crippen LogP contribution in [-0.4, -0.2) is 63.3 Å². The third-order valence-corrected chi connectivity index (χ3v) is 4.74. The summed E-state index contributed by atoms with van der Waals surface area (Å²) in [4.78, 5) is 7.37. The van der Waals surface area contributed by atoms with Gasteiger partial charge in [0.1, 0.15) is 0 Å². The largest absolute Gasteiger partial charge is 0.382 e. The number of hydrogen-bond acceptors (Lipinski definition) is 3. The molecule has 1 aliphatic heterocycles. The summed E-state index contributed by atoms with van der Waals surface area (Å²) in [5, 5.41) is 6.75. The van der Waals surface area contributed by atoms with Crippen molar-refractivity contribution in [1.82, 2.24) is 15.5 Å². The van der Waals surface area contributed by atoms with E-state index >= 15 is 0 Å². The molecule has 27 heavy (non-hydrogen) atoms. The normalized spacial score (nSPS) is 17.6. The molecule has 1 heterocycles. The summed E-state index contributed by atoms with van der Waals surface area (Å²) in [6, 6.07) is 10.8. The van der Waals surface area contributed by atoms with Crippen LogP contribution < -0.4 is 10.6 Å². The second-order valence-electron chi connectivity index (χ2n) is 6.89. The molecular formula is C21H37IN4O. The molecule has 1 unspecified atom stereocenters. The van der Waals surface area contributed by atoms with Crippen molar-refractivity contribution in [3.8, 4) is 0 Å². The second-order valence-corrected chi connectivity index (χ2v) is 6.89. The van der Waals surface area contributed by atoms with Gasteiger partial charge in [-0.15, -0.1) is 24.0 Å². The highest BCUT2D eigenvalue weighted by Gasteiger charge is 2.21. The van der Waals surface area contributed by atoms with Gasteiger partial charge in [-0.3, -0.25) is 4.99 Å². The summed E-state index contributed by atoms with van der Waals surface area (Å²) in [6.45, 7) is 12.0. The van der Waals surface area contributed by atoms with Gasteiger partial charge in [-0.2, -0.15) is 0 Å². The molecule has 0 radical (unpaired) electrons. The molecule has 0 bridgehead atoms. The third kappa shape index (κ3) is 10.3. The van der Waals surface area contributed by atoms with Crippen LogP contribution in [0.1, 0.15) is 32.3 Å². The zero-order valence-electron chi connectivity index (χ0n) is 17.0. The first-order valence-electron chi connectivity index (χ1n) is 10.2. The lowest BCUT2D eigenvalue weighted by Crippen LogP contribution is -2.38. The molecule has 1 atom stereocenters. The lowest BCUT2D eigenvalue weighted by atomic mass is 10.1. The second kappa shape index (κ2) is 15.1. The van der Waals surface area contributed by atoms with E-state index in [4.69, 9.17) is 9.73 Å². The summed E-state index contributed by atoms with van der Waals surface area (Å²) in [7, 11) is 0. The number of benzene rings is 1. The highest BCUT2D eigenvalue weighted by atomic mass is 127. The Morgan fingerprint density at radius 1 is 1.22 bits per heavy atom. The standard InChI is InChI=1S/C21H36N4O.HI/c1-3-22-21(23-13-8-16-26-4-2)24-17-20-12-15-25(18-20)14-11-19-9-6-5-7-10-19;/h5-7,9-10,20H,3-4,8,11-18H2,1-2H3,(H2,22,23,24);1H.